The number of nitro groups is 1. The molecule has 7 heteroatoms. The fourth-order valence-electron chi connectivity index (χ4n) is 2.83. The van der Waals surface area contributed by atoms with Crippen molar-refractivity contribution < 1.29 is 4.92 Å². The van der Waals surface area contributed by atoms with Crippen LogP contribution in [-0.4, -0.2) is 41.0 Å². The SMILES string of the molecule is N#Cc1cccc(CN2CCN(c3ccc([N+](=O)[O-])nc3)CC2)c1. The molecule has 1 fully saturated rings. The van der Waals surface area contributed by atoms with Gasteiger partial charge in [0.1, 0.15) is 0 Å². The fourth-order valence-corrected chi connectivity index (χ4v) is 2.83. The summed E-state index contributed by atoms with van der Waals surface area (Å²) in [6, 6.07) is 13.0. The molecule has 24 heavy (non-hydrogen) atoms. The molecular weight excluding hydrogens is 306 g/mol. The molecule has 0 saturated carbocycles. The summed E-state index contributed by atoms with van der Waals surface area (Å²) < 4.78 is 0. The summed E-state index contributed by atoms with van der Waals surface area (Å²) in [5.74, 6) is -0.130. The first-order chi connectivity index (χ1) is 11.7. The Labute approximate surface area is 139 Å². The van der Waals surface area contributed by atoms with Crippen molar-refractivity contribution in [1.29, 1.82) is 5.26 Å². The van der Waals surface area contributed by atoms with Gasteiger partial charge in [-0.15, -0.1) is 0 Å². The Bertz CT molecular complexity index is 761. The third-order valence-electron chi connectivity index (χ3n) is 4.12. The van der Waals surface area contributed by atoms with Crippen LogP contribution in [0.25, 0.3) is 0 Å². The van der Waals surface area contributed by atoms with Gasteiger partial charge >= 0.3 is 5.82 Å². The van der Waals surface area contributed by atoms with Crippen LogP contribution in [0.15, 0.2) is 42.6 Å². The van der Waals surface area contributed by atoms with Crippen LogP contribution in [-0.2, 0) is 6.54 Å². The van der Waals surface area contributed by atoms with Crippen molar-refractivity contribution in [3.05, 3.63) is 63.8 Å². The number of nitriles is 1. The van der Waals surface area contributed by atoms with Crippen molar-refractivity contribution in [2.45, 2.75) is 6.54 Å². The Hall–Kier alpha value is -2.98. The molecule has 0 bridgehead atoms. The molecule has 7 nitrogen and oxygen atoms in total. The summed E-state index contributed by atoms with van der Waals surface area (Å²) in [6.07, 6.45) is 1.56. The minimum Gasteiger partial charge on any atom is -0.366 e. The highest BCUT2D eigenvalue weighted by Gasteiger charge is 2.19. The number of rotatable bonds is 4. The average Bonchev–Trinajstić information content (AvgIpc) is 2.62. The van der Waals surface area contributed by atoms with Crippen LogP contribution in [0.1, 0.15) is 11.1 Å². The van der Waals surface area contributed by atoms with Crippen LogP contribution >= 0.6 is 0 Å². The lowest BCUT2D eigenvalue weighted by molar-refractivity contribution is -0.389. The highest BCUT2D eigenvalue weighted by atomic mass is 16.6. The summed E-state index contributed by atoms with van der Waals surface area (Å²) in [4.78, 5) is 18.6. The molecule has 2 aromatic rings. The Morgan fingerprint density at radius 3 is 2.62 bits per heavy atom. The lowest BCUT2D eigenvalue weighted by atomic mass is 10.1. The van der Waals surface area contributed by atoms with E-state index in [1.54, 1.807) is 12.3 Å². The van der Waals surface area contributed by atoms with E-state index < -0.39 is 4.92 Å². The minimum absolute atomic E-state index is 0.130. The van der Waals surface area contributed by atoms with Gasteiger partial charge in [-0.2, -0.15) is 5.26 Å². The quantitative estimate of drug-likeness (QED) is 0.633. The third kappa shape index (κ3) is 3.67. The van der Waals surface area contributed by atoms with E-state index in [1.165, 1.54) is 6.07 Å². The average molecular weight is 323 g/mol. The van der Waals surface area contributed by atoms with Crippen molar-refractivity contribution >= 4 is 11.5 Å². The molecule has 0 spiro atoms. The summed E-state index contributed by atoms with van der Waals surface area (Å²) in [5.41, 5.74) is 2.73. The van der Waals surface area contributed by atoms with Crippen molar-refractivity contribution in [3.8, 4) is 6.07 Å². The summed E-state index contributed by atoms with van der Waals surface area (Å²) in [7, 11) is 0. The molecule has 0 amide bonds. The van der Waals surface area contributed by atoms with Crippen molar-refractivity contribution in [1.82, 2.24) is 9.88 Å². The highest BCUT2D eigenvalue weighted by molar-refractivity contribution is 5.47. The molecule has 1 aromatic heterocycles. The van der Waals surface area contributed by atoms with E-state index in [9.17, 15) is 10.1 Å². The van der Waals surface area contributed by atoms with Gasteiger partial charge in [-0.25, -0.2) is 0 Å². The second-order valence-corrected chi connectivity index (χ2v) is 5.71. The number of anilines is 1. The zero-order valence-electron chi connectivity index (χ0n) is 13.1. The van der Waals surface area contributed by atoms with E-state index >= 15 is 0 Å². The van der Waals surface area contributed by atoms with Crippen LogP contribution in [0.3, 0.4) is 0 Å². The number of piperazine rings is 1. The largest absolute Gasteiger partial charge is 0.366 e. The van der Waals surface area contributed by atoms with Crippen LogP contribution in [0, 0.1) is 21.4 Å². The Kier molecular flexibility index (Phi) is 4.68. The van der Waals surface area contributed by atoms with Crippen LogP contribution in [0.4, 0.5) is 11.5 Å². The Balaban J connectivity index is 1.57. The van der Waals surface area contributed by atoms with Gasteiger partial charge in [0.05, 0.1) is 17.3 Å². The smallest absolute Gasteiger partial charge is 0.363 e. The van der Waals surface area contributed by atoms with Crippen LogP contribution < -0.4 is 4.90 Å². The fraction of sp³-hybridized carbons (Fsp3) is 0.294. The Morgan fingerprint density at radius 1 is 1.21 bits per heavy atom. The molecule has 0 N–H and O–H groups in total. The molecule has 1 aliphatic heterocycles. The zero-order valence-corrected chi connectivity index (χ0v) is 13.1. The molecule has 1 aliphatic rings. The van der Waals surface area contributed by atoms with Gasteiger partial charge in [0.25, 0.3) is 0 Å². The second-order valence-electron chi connectivity index (χ2n) is 5.71. The minimum atomic E-state index is -0.489. The maximum absolute atomic E-state index is 10.7. The topological polar surface area (TPSA) is 86.3 Å². The van der Waals surface area contributed by atoms with Gasteiger partial charge in [0, 0.05) is 38.8 Å². The summed E-state index contributed by atoms with van der Waals surface area (Å²) in [6.45, 7) is 4.30. The first-order valence-corrected chi connectivity index (χ1v) is 7.72. The number of hydrogen-bond donors (Lipinski definition) is 0. The van der Waals surface area contributed by atoms with E-state index in [0.29, 0.717) is 5.56 Å². The number of nitrogens with zero attached hydrogens (tertiary/aromatic N) is 5. The van der Waals surface area contributed by atoms with Crippen molar-refractivity contribution in [3.63, 3.8) is 0 Å². The number of aromatic nitrogens is 1. The maximum Gasteiger partial charge on any atom is 0.363 e. The van der Waals surface area contributed by atoms with Gasteiger partial charge in [-0.3, -0.25) is 4.90 Å². The molecule has 1 saturated heterocycles. The number of pyridine rings is 1. The monoisotopic (exact) mass is 323 g/mol. The summed E-state index contributed by atoms with van der Waals surface area (Å²) >= 11 is 0. The van der Waals surface area contributed by atoms with Crippen LogP contribution in [0.5, 0.6) is 0 Å². The third-order valence-corrected chi connectivity index (χ3v) is 4.12. The van der Waals surface area contributed by atoms with E-state index in [1.807, 2.05) is 24.3 Å². The van der Waals surface area contributed by atoms with Gasteiger partial charge in [0.2, 0.25) is 0 Å². The molecule has 1 aromatic carbocycles. The lowest BCUT2D eigenvalue weighted by Crippen LogP contribution is -2.46. The van der Waals surface area contributed by atoms with Gasteiger partial charge in [0.15, 0.2) is 6.20 Å². The highest BCUT2D eigenvalue weighted by Crippen LogP contribution is 2.19. The molecule has 0 atom stereocenters. The molecule has 0 radical (unpaired) electrons. The van der Waals surface area contributed by atoms with Gasteiger partial charge in [-0.1, -0.05) is 12.1 Å². The predicted molar refractivity (Wildman–Crippen MR) is 89.5 cm³/mol. The van der Waals surface area contributed by atoms with E-state index in [0.717, 1.165) is 44.0 Å². The standard InChI is InChI=1S/C17H17N5O2/c18-11-14-2-1-3-15(10-14)13-20-6-8-21(9-7-20)16-4-5-17(19-12-16)22(23)24/h1-5,10,12H,6-9,13H2. The van der Waals surface area contributed by atoms with Crippen molar-refractivity contribution in [2.75, 3.05) is 31.1 Å². The van der Waals surface area contributed by atoms with Crippen molar-refractivity contribution in [2.24, 2.45) is 0 Å². The molecule has 0 unspecified atom stereocenters. The Morgan fingerprint density at radius 2 is 2.00 bits per heavy atom. The van der Waals surface area contributed by atoms with E-state index in [2.05, 4.69) is 20.9 Å². The molecule has 0 aliphatic carbocycles. The molecule has 2 heterocycles. The lowest BCUT2D eigenvalue weighted by Gasteiger charge is -2.35. The summed E-state index contributed by atoms with van der Waals surface area (Å²) in [5, 5.41) is 19.6. The zero-order chi connectivity index (χ0) is 16.9. The number of hydrogen-bond acceptors (Lipinski definition) is 6. The first-order valence-electron chi connectivity index (χ1n) is 7.72. The van der Waals surface area contributed by atoms with E-state index in [4.69, 9.17) is 5.26 Å². The normalized spacial score (nSPS) is 15.0. The number of benzene rings is 1. The van der Waals surface area contributed by atoms with E-state index in [-0.39, 0.29) is 5.82 Å². The van der Waals surface area contributed by atoms with Crippen LogP contribution in [0.2, 0.25) is 0 Å². The first kappa shape index (κ1) is 15.9. The maximum atomic E-state index is 10.7. The molecule has 3 rings (SSSR count). The van der Waals surface area contributed by atoms with Gasteiger partial charge < -0.3 is 15.0 Å². The second kappa shape index (κ2) is 7.06. The molecule has 122 valence electrons. The molecular formula is C17H17N5O2. The van der Waals surface area contributed by atoms with Gasteiger partial charge in [-0.05, 0) is 33.7 Å². The predicted octanol–water partition coefficient (Wildman–Crippen LogP) is 2.18.